The van der Waals surface area contributed by atoms with Gasteiger partial charge >= 0.3 is 0 Å². The van der Waals surface area contributed by atoms with Crippen LogP contribution >= 0.6 is 11.8 Å². The van der Waals surface area contributed by atoms with E-state index in [0.29, 0.717) is 0 Å². The van der Waals surface area contributed by atoms with Gasteiger partial charge in [-0.15, -0.1) is 11.8 Å². The van der Waals surface area contributed by atoms with Gasteiger partial charge < -0.3 is 0 Å². The highest BCUT2D eigenvalue weighted by atomic mass is 32.2. The van der Waals surface area contributed by atoms with Gasteiger partial charge in [-0.25, -0.2) is 0 Å². The molecule has 1 radical (unpaired) electrons. The second kappa shape index (κ2) is 2.72. The Balaban J connectivity index is 2.83. The minimum absolute atomic E-state index is 1.16. The van der Waals surface area contributed by atoms with Crippen LogP contribution in [0.15, 0.2) is 23.4 Å². The zero-order chi connectivity index (χ0) is 5.82. The molecule has 1 rings (SSSR count). The summed E-state index contributed by atoms with van der Waals surface area (Å²) in [4.78, 5) is 5.04. The zero-order valence-electron chi connectivity index (χ0n) is 4.59. The molecule has 41 valence electrons. The predicted octanol–water partition coefficient (Wildman–Crippen LogP) is 1.60. The molecule has 0 aliphatic rings. The molecule has 1 aromatic rings. The maximum absolute atomic E-state index is 3.88. The van der Waals surface area contributed by atoms with E-state index in [2.05, 4.69) is 11.1 Å². The van der Waals surface area contributed by atoms with Gasteiger partial charge in [-0.2, -0.15) is 0 Å². The molecule has 8 heavy (non-hydrogen) atoms. The maximum atomic E-state index is 3.88. The van der Waals surface area contributed by atoms with Gasteiger partial charge in [0, 0.05) is 23.4 Å². The van der Waals surface area contributed by atoms with Gasteiger partial charge in [0.1, 0.15) is 0 Å². The van der Waals surface area contributed by atoms with Crippen molar-refractivity contribution in [2.75, 3.05) is 6.26 Å². The minimum Gasteiger partial charge on any atom is -0.263 e. The van der Waals surface area contributed by atoms with Crippen molar-refractivity contribution < 1.29 is 0 Å². The Kier molecular flexibility index (Phi) is 1.92. The van der Waals surface area contributed by atoms with Gasteiger partial charge in [-0.3, -0.25) is 4.98 Å². The first-order chi connectivity index (χ1) is 3.93. The summed E-state index contributed by atoms with van der Waals surface area (Å²) in [5, 5.41) is 0. The molecule has 0 spiro atoms. The lowest BCUT2D eigenvalue weighted by Crippen LogP contribution is -1.69. The third kappa shape index (κ3) is 1.23. The SMILES string of the molecule is CSc1c[c]cnc1. The minimum atomic E-state index is 1.16. The topological polar surface area (TPSA) is 12.9 Å². The van der Waals surface area contributed by atoms with Crippen LogP contribution in [0, 0.1) is 6.07 Å². The van der Waals surface area contributed by atoms with E-state index in [0.717, 1.165) is 4.90 Å². The first-order valence-corrected chi connectivity index (χ1v) is 3.51. The fourth-order valence-electron chi connectivity index (χ4n) is 0.422. The van der Waals surface area contributed by atoms with Gasteiger partial charge in [0.2, 0.25) is 0 Å². The number of hydrogen-bond donors (Lipinski definition) is 0. The predicted molar refractivity (Wildman–Crippen MR) is 34.9 cm³/mol. The smallest absolute Gasteiger partial charge is 0.0404 e. The molecule has 0 N–H and O–H groups in total. The van der Waals surface area contributed by atoms with Crippen molar-refractivity contribution in [1.82, 2.24) is 4.98 Å². The van der Waals surface area contributed by atoms with E-state index in [1.54, 1.807) is 18.0 Å². The van der Waals surface area contributed by atoms with E-state index >= 15 is 0 Å². The highest BCUT2D eigenvalue weighted by Crippen LogP contribution is 2.09. The Bertz CT molecular complexity index is 150. The van der Waals surface area contributed by atoms with Crippen LogP contribution < -0.4 is 0 Å². The summed E-state index contributed by atoms with van der Waals surface area (Å²) in [7, 11) is 0. The first kappa shape index (κ1) is 5.63. The van der Waals surface area contributed by atoms with Gasteiger partial charge in [-0.1, -0.05) is 0 Å². The molecule has 1 nitrogen and oxygen atoms in total. The van der Waals surface area contributed by atoms with Crippen LogP contribution in [0.3, 0.4) is 0 Å². The molecule has 0 aliphatic heterocycles. The number of rotatable bonds is 1. The fraction of sp³-hybridized carbons (Fsp3) is 0.167. The average molecular weight is 124 g/mol. The molecule has 0 amide bonds. The van der Waals surface area contributed by atoms with Gasteiger partial charge in [0.25, 0.3) is 0 Å². The lowest BCUT2D eigenvalue weighted by molar-refractivity contribution is 1.23. The molecule has 0 aliphatic carbocycles. The van der Waals surface area contributed by atoms with Crippen LogP contribution in [0.1, 0.15) is 0 Å². The van der Waals surface area contributed by atoms with Crippen LogP contribution in [0.4, 0.5) is 0 Å². The van der Waals surface area contributed by atoms with E-state index in [-0.39, 0.29) is 0 Å². The number of hydrogen-bond acceptors (Lipinski definition) is 2. The zero-order valence-corrected chi connectivity index (χ0v) is 5.40. The van der Waals surface area contributed by atoms with Crippen molar-refractivity contribution in [2.45, 2.75) is 4.90 Å². The molecule has 0 saturated heterocycles. The Morgan fingerprint density at radius 2 is 2.62 bits per heavy atom. The first-order valence-electron chi connectivity index (χ1n) is 2.28. The summed E-state index contributed by atoms with van der Waals surface area (Å²) in [5.74, 6) is 0. The summed E-state index contributed by atoms with van der Waals surface area (Å²) in [6.07, 6.45) is 5.49. The monoisotopic (exact) mass is 124 g/mol. The third-order valence-corrected chi connectivity index (χ3v) is 1.51. The molecule has 0 unspecified atom stereocenters. The largest absolute Gasteiger partial charge is 0.263 e. The Morgan fingerprint density at radius 1 is 1.75 bits per heavy atom. The van der Waals surface area contributed by atoms with Crippen molar-refractivity contribution in [1.29, 1.82) is 0 Å². The second-order valence-electron chi connectivity index (χ2n) is 1.32. The van der Waals surface area contributed by atoms with Gasteiger partial charge in [0.15, 0.2) is 0 Å². The molecule has 0 saturated carbocycles. The van der Waals surface area contributed by atoms with Crippen molar-refractivity contribution >= 4 is 11.8 Å². The number of nitrogens with zero attached hydrogens (tertiary/aromatic N) is 1. The normalized spacial score (nSPS) is 9.12. The van der Waals surface area contributed by atoms with Crippen LogP contribution in [0.5, 0.6) is 0 Å². The summed E-state index contributed by atoms with van der Waals surface area (Å²) >= 11 is 1.68. The van der Waals surface area contributed by atoms with Crippen molar-refractivity contribution in [3.05, 3.63) is 24.5 Å². The number of thioether (sulfide) groups is 1. The molecular weight excluding hydrogens is 118 g/mol. The Hall–Kier alpha value is -0.500. The standard InChI is InChI=1S/C6H6NS/c1-8-6-3-2-4-7-5-6/h3-5H,1H3. The maximum Gasteiger partial charge on any atom is 0.0404 e. The average Bonchev–Trinajstić information content (AvgIpc) is 1.90. The van der Waals surface area contributed by atoms with E-state index in [1.165, 1.54) is 0 Å². The highest BCUT2D eigenvalue weighted by molar-refractivity contribution is 7.98. The lowest BCUT2D eigenvalue weighted by Gasteiger charge is -1.88. The van der Waals surface area contributed by atoms with Crippen LogP contribution in [0.2, 0.25) is 0 Å². The molecule has 0 aromatic carbocycles. The summed E-state index contributed by atoms with van der Waals surface area (Å²) < 4.78 is 0. The number of aromatic nitrogens is 1. The van der Waals surface area contributed by atoms with Crippen molar-refractivity contribution in [2.24, 2.45) is 0 Å². The van der Waals surface area contributed by atoms with Gasteiger partial charge in [-0.05, 0) is 12.3 Å². The summed E-state index contributed by atoms with van der Waals surface area (Å²) in [6, 6.07) is 4.79. The van der Waals surface area contributed by atoms with Gasteiger partial charge in [0.05, 0.1) is 0 Å². The molecule has 1 aromatic heterocycles. The van der Waals surface area contributed by atoms with Crippen molar-refractivity contribution in [3.63, 3.8) is 0 Å². The van der Waals surface area contributed by atoms with Crippen LogP contribution in [-0.4, -0.2) is 11.2 Å². The molecule has 0 atom stereocenters. The van der Waals surface area contributed by atoms with Crippen LogP contribution in [0.25, 0.3) is 0 Å². The molecule has 0 fully saturated rings. The Morgan fingerprint density at radius 3 is 3.00 bits per heavy atom. The third-order valence-electron chi connectivity index (χ3n) is 0.812. The Labute approximate surface area is 53.1 Å². The van der Waals surface area contributed by atoms with E-state index in [1.807, 2.05) is 18.5 Å². The summed E-state index contributed by atoms with van der Waals surface area (Å²) in [5.41, 5.74) is 0. The second-order valence-corrected chi connectivity index (χ2v) is 2.20. The van der Waals surface area contributed by atoms with E-state index in [4.69, 9.17) is 0 Å². The van der Waals surface area contributed by atoms with E-state index in [9.17, 15) is 0 Å². The summed E-state index contributed by atoms with van der Waals surface area (Å²) in [6.45, 7) is 0. The highest BCUT2D eigenvalue weighted by Gasteiger charge is 1.82. The molecular formula is C6H6NS. The van der Waals surface area contributed by atoms with E-state index < -0.39 is 0 Å². The van der Waals surface area contributed by atoms with Crippen molar-refractivity contribution in [3.8, 4) is 0 Å². The van der Waals surface area contributed by atoms with Crippen LogP contribution in [-0.2, 0) is 0 Å². The molecule has 0 bridgehead atoms. The quantitative estimate of drug-likeness (QED) is 0.527. The lowest BCUT2D eigenvalue weighted by atomic mass is 10.5. The number of pyridine rings is 1. The fourth-order valence-corrected chi connectivity index (χ4v) is 0.774. The molecule has 2 heteroatoms. The molecule has 1 heterocycles.